The number of aliphatic hydroxyl groups excluding tert-OH is 2. The van der Waals surface area contributed by atoms with Crippen LogP contribution in [0.1, 0.15) is 251 Å². The molecule has 0 saturated carbocycles. The standard InChI is InChI=1S/C51H95NO5/c1-3-5-7-9-11-13-15-16-17-18-19-20-25-29-33-37-41-45-51(56)57-46-42-38-34-30-26-22-21-24-28-32-36-40-44-50(55)52-48(47-53)49(54)43-39-35-31-27-23-14-12-10-8-6-4-2/h16-17,22,26,39,43,48-49,53-54H,3-15,18-21,23-25,27-38,40-42,44-47H2,1-2H3,(H,52,55)/b17-16-,26-22-,43-39+. The molecular formula is C51H95NO5. The molecule has 0 aromatic carbocycles. The summed E-state index contributed by atoms with van der Waals surface area (Å²) in [6.07, 6.45) is 55.7. The van der Waals surface area contributed by atoms with Crippen LogP contribution in [0.3, 0.4) is 0 Å². The van der Waals surface area contributed by atoms with Gasteiger partial charge in [-0.15, -0.1) is 0 Å². The maximum absolute atomic E-state index is 12.4. The molecule has 3 N–H and O–H groups in total. The number of rotatable bonds is 45. The van der Waals surface area contributed by atoms with Gasteiger partial charge in [0, 0.05) is 12.8 Å². The molecular weight excluding hydrogens is 707 g/mol. The summed E-state index contributed by atoms with van der Waals surface area (Å²) >= 11 is 0. The van der Waals surface area contributed by atoms with E-state index in [-0.39, 0.29) is 18.5 Å². The SMILES string of the molecule is CCCCCCCC/C=C\CCCCCCCCCC(=O)OCCCCC/C=C\CCCCCCCC(=O)NC(CO)C(O)/C=C/CCCCCCCCCCC. The van der Waals surface area contributed by atoms with E-state index in [1.165, 1.54) is 141 Å². The van der Waals surface area contributed by atoms with Crippen molar-refractivity contribution in [3.63, 3.8) is 0 Å². The van der Waals surface area contributed by atoms with Crippen molar-refractivity contribution >= 4 is 11.9 Å². The van der Waals surface area contributed by atoms with Crippen LogP contribution in [0, 0.1) is 0 Å². The minimum atomic E-state index is -0.859. The minimum absolute atomic E-state index is 0.0287. The minimum Gasteiger partial charge on any atom is -0.466 e. The third-order valence-electron chi connectivity index (χ3n) is 11.1. The Kier molecular flexibility index (Phi) is 45.2. The number of hydrogen-bond acceptors (Lipinski definition) is 5. The fraction of sp³-hybridized carbons (Fsp3) is 0.843. The summed E-state index contributed by atoms with van der Waals surface area (Å²) in [6.45, 7) is 4.81. The van der Waals surface area contributed by atoms with E-state index < -0.39 is 12.1 Å². The first kappa shape index (κ1) is 55.1. The molecule has 0 aliphatic rings. The Balaban J connectivity index is 3.52. The van der Waals surface area contributed by atoms with Gasteiger partial charge >= 0.3 is 5.97 Å². The fourth-order valence-electron chi connectivity index (χ4n) is 7.27. The maximum atomic E-state index is 12.4. The molecule has 6 nitrogen and oxygen atoms in total. The number of unbranched alkanes of at least 4 members (excludes halogenated alkanes) is 30. The van der Waals surface area contributed by atoms with Crippen LogP contribution in [-0.2, 0) is 14.3 Å². The number of ether oxygens (including phenoxy) is 1. The zero-order chi connectivity index (χ0) is 41.5. The largest absolute Gasteiger partial charge is 0.466 e. The molecule has 0 aliphatic heterocycles. The van der Waals surface area contributed by atoms with Crippen molar-refractivity contribution in [2.24, 2.45) is 0 Å². The molecule has 0 saturated heterocycles. The maximum Gasteiger partial charge on any atom is 0.305 e. The first-order chi connectivity index (χ1) is 28.0. The number of aliphatic hydroxyl groups is 2. The van der Waals surface area contributed by atoms with E-state index in [0.717, 1.165) is 83.5 Å². The van der Waals surface area contributed by atoms with Crippen molar-refractivity contribution in [2.45, 2.75) is 264 Å². The van der Waals surface area contributed by atoms with E-state index in [1.807, 2.05) is 6.08 Å². The van der Waals surface area contributed by atoms with Gasteiger partial charge in [0.1, 0.15) is 0 Å². The summed E-state index contributed by atoms with van der Waals surface area (Å²) in [5.74, 6) is -0.125. The molecule has 0 heterocycles. The molecule has 0 rings (SSSR count). The van der Waals surface area contributed by atoms with Crippen LogP contribution in [0.5, 0.6) is 0 Å². The summed E-state index contributed by atoms with van der Waals surface area (Å²) in [7, 11) is 0. The average Bonchev–Trinajstić information content (AvgIpc) is 3.21. The molecule has 6 heteroatoms. The van der Waals surface area contributed by atoms with Gasteiger partial charge in [-0.25, -0.2) is 0 Å². The smallest absolute Gasteiger partial charge is 0.305 e. The van der Waals surface area contributed by atoms with Crippen LogP contribution in [-0.4, -0.2) is 47.4 Å². The number of amides is 1. The molecule has 0 bridgehead atoms. The molecule has 0 spiro atoms. The van der Waals surface area contributed by atoms with Gasteiger partial charge in [-0.3, -0.25) is 9.59 Å². The van der Waals surface area contributed by atoms with Crippen molar-refractivity contribution in [1.82, 2.24) is 5.32 Å². The summed E-state index contributed by atoms with van der Waals surface area (Å²) < 4.78 is 5.44. The van der Waals surface area contributed by atoms with Gasteiger partial charge < -0.3 is 20.3 Å². The Labute approximate surface area is 353 Å². The number of carbonyl (C=O) groups is 2. The Morgan fingerprint density at radius 2 is 0.825 bits per heavy atom. The van der Waals surface area contributed by atoms with Crippen molar-refractivity contribution in [3.8, 4) is 0 Å². The topological polar surface area (TPSA) is 95.9 Å². The number of allylic oxidation sites excluding steroid dienone is 5. The monoisotopic (exact) mass is 802 g/mol. The van der Waals surface area contributed by atoms with E-state index in [0.29, 0.717) is 19.4 Å². The molecule has 1 amide bonds. The highest BCUT2D eigenvalue weighted by Gasteiger charge is 2.18. The lowest BCUT2D eigenvalue weighted by atomic mass is 10.1. The third-order valence-corrected chi connectivity index (χ3v) is 11.1. The van der Waals surface area contributed by atoms with Crippen LogP contribution < -0.4 is 5.32 Å². The summed E-state index contributed by atoms with van der Waals surface area (Å²) in [4.78, 5) is 24.4. The zero-order valence-electron chi connectivity index (χ0n) is 37.8. The summed E-state index contributed by atoms with van der Waals surface area (Å²) in [6, 6.07) is -0.645. The van der Waals surface area contributed by atoms with Crippen LogP contribution in [0.4, 0.5) is 0 Å². The lowest BCUT2D eigenvalue weighted by Gasteiger charge is -2.20. The van der Waals surface area contributed by atoms with E-state index >= 15 is 0 Å². The Morgan fingerprint density at radius 3 is 1.25 bits per heavy atom. The fourth-order valence-corrected chi connectivity index (χ4v) is 7.27. The molecule has 0 aromatic rings. The van der Waals surface area contributed by atoms with Gasteiger partial charge in [0.05, 0.1) is 25.4 Å². The molecule has 0 aromatic heterocycles. The van der Waals surface area contributed by atoms with Crippen molar-refractivity contribution in [2.75, 3.05) is 13.2 Å². The summed E-state index contributed by atoms with van der Waals surface area (Å²) in [5, 5.41) is 22.9. The molecule has 334 valence electrons. The number of hydrogen-bond donors (Lipinski definition) is 3. The normalized spacial score (nSPS) is 13.0. The van der Waals surface area contributed by atoms with Crippen LogP contribution >= 0.6 is 0 Å². The predicted molar refractivity (Wildman–Crippen MR) is 246 cm³/mol. The van der Waals surface area contributed by atoms with Crippen molar-refractivity contribution in [1.29, 1.82) is 0 Å². The molecule has 0 aliphatic carbocycles. The Hall–Kier alpha value is -1.92. The van der Waals surface area contributed by atoms with E-state index in [4.69, 9.17) is 4.74 Å². The van der Waals surface area contributed by atoms with Gasteiger partial charge in [-0.1, -0.05) is 185 Å². The van der Waals surface area contributed by atoms with E-state index in [9.17, 15) is 19.8 Å². The van der Waals surface area contributed by atoms with Gasteiger partial charge in [0.25, 0.3) is 0 Å². The molecule has 0 fully saturated rings. The van der Waals surface area contributed by atoms with Crippen molar-refractivity contribution < 1.29 is 24.5 Å². The Morgan fingerprint density at radius 1 is 0.474 bits per heavy atom. The molecule has 2 atom stereocenters. The van der Waals surface area contributed by atoms with Gasteiger partial charge in [-0.2, -0.15) is 0 Å². The lowest BCUT2D eigenvalue weighted by molar-refractivity contribution is -0.143. The first-order valence-corrected chi connectivity index (χ1v) is 24.8. The quantitative estimate of drug-likeness (QED) is 0.0324. The molecule has 0 radical (unpaired) electrons. The van der Waals surface area contributed by atoms with Crippen LogP contribution in [0.25, 0.3) is 0 Å². The van der Waals surface area contributed by atoms with E-state index in [1.54, 1.807) is 6.08 Å². The number of esters is 1. The van der Waals surface area contributed by atoms with E-state index in [2.05, 4.69) is 43.5 Å². The highest BCUT2D eigenvalue weighted by Crippen LogP contribution is 2.14. The predicted octanol–water partition coefficient (Wildman–Crippen LogP) is 14.5. The first-order valence-electron chi connectivity index (χ1n) is 24.8. The number of nitrogens with one attached hydrogen (secondary N) is 1. The number of carbonyl (C=O) groups excluding carboxylic acids is 2. The highest BCUT2D eigenvalue weighted by atomic mass is 16.5. The van der Waals surface area contributed by atoms with Gasteiger partial charge in [0.2, 0.25) is 5.91 Å². The van der Waals surface area contributed by atoms with Crippen LogP contribution in [0.15, 0.2) is 36.5 Å². The van der Waals surface area contributed by atoms with Crippen molar-refractivity contribution in [3.05, 3.63) is 36.5 Å². The highest BCUT2D eigenvalue weighted by molar-refractivity contribution is 5.76. The van der Waals surface area contributed by atoms with Crippen LogP contribution in [0.2, 0.25) is 0 Å². The molecule has 2 unspecified atom stereocenters. The lowest BCUT2D eigenvalue weighted by Crippen LogP contribution is -2.45. The molecule has 57 heavy (non-hydrogen) atoms. The second-order valence-corrected chi connectivity index (χ2v) is 16.8. The summed E-state index contributed by atoms with van der Waals surface area (Å²) in [5.41, 5.74) is 0. The average molecular weight is 802 g/mol. The van der Waals surface area contributed by atoms with Gasteiger partial charge in [0.15, 0.2) is 0 Å². The third kappa shape index (κ3) is 43.5. The second kappa shape index (κ2) is 46.8. The second-order valence-electron chi connectivity index (χ2n) is 16.8. The van der Waals surface area contributed by atoms with Gasteiger partial charge in [-0.05, 0) is 89.9 Å². The Bertz CT molecular complexity index is 931. The zero-order valence-corrected chi connectivity index (χ0v) is 37.8.